The van der Waals surface area contributed by atoms with E-state index in [1.54, 1.807) is 6.33 Å². The number of nitrogens with zero attached hydrogens (tertiary/aromatic N) is 3. The summed E-state index contributed by atoms with van der Waals surface area (Å²) in [6.45, 7) is 8.68. The number of amides is 1. The largest absolute Gasteiger partial charge is 0.444 e. The highest BCUT2D eigenvalue weighted by atomic mass is 16.6. The van der Waals surface area contributed by atoms with Crippen LogP contribution in [0.2, 0.25) is 0 Å². The van der Waals surface area contributed by atoms with Crippen molar-refractivity contribution in [2.45, 2.75) is 46.3 Å². The number of rotatable bonds is 5. The van der Waals surface area contributed by atoms with E-state index in [1.807, 2.05) is 56.7 Å². The molecule has 2 aromatic rings. The van der Waals surface area contributed by atoms with Gasteiger partial charge in [0.05, 0.1) is 18.6 Å². The molecule has 0 aliphatic heterocycles. The van der Waals surface area contributed by atoms with Crippen LogP contribution in [-0.4, -0.2) is 32.8 Å². The molecule has 0 radical (unpaired) electrons. The van der Waals surface area contributed by atoms with E-state index in [0.29, 0.717) is 19.5 Å². The minimum atomic E-state index is -0.483. The fourth-order valence-electron chi connectivity index (χ4n) is 2.17. The van der Waals surface area contributed by atoms with E-state index in [9.17, 15) is 4.79 Å². The standard InChI is InChI=1S/C17H24N4O2/c1-13-6-5-7-14(20-13)11-21-12-18-10-15(21)8-9-19-16(22)23-17(2,3)4/h5-7,10,12H,8-9,11H2,1-4H3,(H,19,22). The van der Waals surface area contributed by atoms with Crippen molar-refractivity contribution in [3.63, 3.8) is 0 Å². The lowest BCUT2D eigenvalue weighted by atomic mass is 10.2. The van der Waals surface area contributed by atoms with E-state index >= 15 is 0 Å². The van der Waals surface area contributed by atoms with Crippen molar-refractivity contribution in [2.24, 2.45) is 0 Å². The van der Waals surface area contributed by atoms with E-state index < -0.39 is 11.7 Å². The van der Waals surface area contributed by atoms with Crippen LogP contribution in [0.3, 0.4) is 0 Å². The van der Waals surface area contributed by atoms with Crippen molar-refractivity contribution >= 4 is 6.09 Å². The first kappa shape index (κ1) is 17.0. The molecule has 0 unspecified atom stereocenters. The fraction of sp³-hybridized carbons (Fsp3) is 0.471. The van der Waals surface area contributed by atoms with E-state index in [4.69, 9.17) is 4.74 Å². The quantitative estimate of drug-likeness (QED) is 0.921. The van der Waals surface area contributed by atoms with Crippen LogP contribution in [0.25, 0.3) is 0 Å². The molecule has 6 heteroatoms. The highest BCUT2D eigenvalue weighted by molar-refractivity contribution is 5.67. The summed E-state index contributed by atoms with van der Waals surface area (Å²) in [4.78, 5) is 20.3. The number of aryl methyl sites for hydroxylation is 1. The lowest BCUT2D eigenvalue weighted by Crippen LogP contribution is -2.33. The number of pyridine rings is 1. The summed E-state index contributed by atoms with van der Waals surface area (Å²) in [7, 11) is 0. The lowest BCUT2D eigenvalue weighted by molar-refractivity contribution is 0.0528. The summed E-state index contributed by atoms with van der Waals surface area (Å²) in [5.41, 5.74) is 2.55. The number of nitrogens with one attached hydrogen (secondary N) is 1. The van der Waals surface area contributed by atoms with Crippen LogP contribution >= 0.6 is 0 Å². The minimum absolute atomic E-state index is 0.399. The van der Waals surface area contributed by atoms with Gasteiger partial charge in [-0.2, -0.15) is 0 Å². The Labute approximate surface area is 136 Å². The normalized spacial score (nSPS) is 11.3. The Morgan fingerprint density at radius 3 is 2.83 bits per heavy atom. The van der Waals surface area contributed by atoms with Crippen LogP contribution in [0, 0.1) is 6.92 Å². The van der Waals surface area contributed by atoms with Gasteiger partial charge in [0.15, 0.2) is 0 Å². The van der Waals surface area contributed by atoms with Crippen molar-refractivity contribution in [2.75, 3.05) is 6.54 Å². The highest BCUT2D eigenvalue weighted by Crippen LogP contribution is 2.08. The summed E-state index contributed by atoms with van der Waals surface area (Å²) in [6.07, 6.45) is 3.88. The predicted molar refractivity (Wildman–Crippen MR) is 88.2 cm³/mol. The van der Waals surface area contributed by atoms with Gasteiger partial charge in [0.25, 0.3) is 0 Å². The van der Waals surface area contributed by atoms with E-state index in [0.717, 1.165) is 17.1 Å². The lowest BCUT2D eigenvalue weighted by Gasteiger charge is -2.19. The summed E-state index contributed by atoms with van der Waals surface area (Å²) < 4.78 is 7.25. The third-order valence-electron chi connectivity index (χ3n) is 3.13. The second-order valence-electron chi connectivity index (χ2n) is 6.46. The van der Waals surface area contributed by atoms with Crippen molar-refractivity contribution in [3.05, 3.63) is 47.8 Å². The van der Waals surface area contributed by atoms with Crippen LogP contribution in [-0.2, 0) is 17.7 Å². The van der Waals surface area contributed by atoms with Gasteiger partial charge in [0.2, 0.25) is 0 Å². The number of hydrogen-bond donors (Lipinski definition) is 1. The molecule has 6 nitrogen and oxygen atoms in total. The third-order valence-corrected chi connectivity index (χ3v) is 3.13. The Morgan fingerprint density at radius 2 is 2.13 bits per heavy atom. The maximum atomic E-state index is 11.6. The van der Waals surface area contributed by atoms with Gasteiger partial charge in [0, 0.05) is 30.6 Å². The molecule has 0 fully saturated rings. The molecule has 0 saturated carbocycles. The zero-order chi connectivity index (χ0) is 16.9. The molecule has 0 aliphatic carbocycles. The second kappa shape index (κ2) is 7.26. The first-order valence-corrected chi connectivity index (χ1v) is 7.72. The number of carbonyl (C=O) groups is 1. The Balaban J connectivity index is 1.88. The molecule has 0 bridgehead atoms. The number of carbonyl (C=O) groups excluding carboxylic acids is 1. The molecule has 0 aliphatic rings. The maximum Gasteiger partial charge on any atom is 0.407 e. The Bertz CT molecular complexity index is 659. The van der Waals surface area contributed by atoms with Crippen LogP contribution < -0.4 is 5.32 Å². The van der Waals surface area contributed by atoms with Crippen molar-refractivity contribution in [1.82, 2.24) is 19.9 Å². The Hall–Kier alpha value is -2.37. The molecule has 2 rings (SSSR count). The molecule has 1 N–H and O–H groups in total. The van der Waals surface area contributed by atoms with Gasteiger partial charge in [-0.1, -0.05) is 6.07 Å². The summed E-state index contributed by atoms with van der Waals surface area (Å²) >= 11 is 0. The molecule has 124 valence electrons. The number of alkyl carbamates (subject to hydrolysis) is 1. The molecule has 0 saturated heterocycles. The summed E-state index contributed by atoms with van der Waals surface area (Å²) in [5.74, 6) is 0. The Morgan fingerprint density at radius 1 is 1.35 bits per heavy atom. The summed E-state index contributed by atoms with van der Waals surface area (Å²) in [5, 5.41) is 2.76. The van der Waals surface area contributed by atoms with E-state index in [1.165, 1.54) is 0 Å². The molecule has 2 aromatic heterocycles. The fourth-order valence-corrected chi connectivity index (χ4v) is 2.17. The van der Waals surface area contributed by atoms with Crippen molar-refractivity contribution < 1.29 is 9.53 Å². The predicted octanol–water partition coefficient (Wildman–Crippen LogP) is 2.70. The van der Waals surface area contributed by atoms with Crippen LogP contribution in [0.4, 0.5) is 4.79 Å². The average Bonchev–Trinajstić information content (AvgIpc) is 2.84. The SMILES string of the molecule is Cc1cccc(Cn2cncc2CCNC(=O)OC(C)(C)C)n1. The van der Waals surface area contributed by atoms with Gasteiger partial charge < -0.3 is 14.6 Å². The van der Waals surface area contributed by atoms with E-state index in [2.05, 4.69) is 15.3 Å². The monoisotopic (exact) mass is 316 g/mol. The van der Waals surface area contributed by atoms with Crippen LogP contribution in [0.1, 0.15) is 37.9 Å². The smallest absolute Gasteiger partial charge is 0.407 e. The average molecular weight is 316 g/mol. The first-order chi connectivity index (χ1) is 10.8. The number of aromatic nitrogens is 3. The zero-order valence-electron chi connectivity index (χ0n) is 14.2. The minimum Gasteiger partial charge on any atom is -0.444 e. The first-order valence-electron chi connectivity index (χ1n) is 7.72. The molecular formula is C17H24N4O2. The van der Waals surface area contributed by atoms with Gasteiger partial charge in [-0.25, -0.2) is 9.78 Å². The van der Waals surface area contributed by atoms with Gasteiger partial charge in [-0.15, -0.1) is 0 Å². The van der Waals surface area contributed by atoms with Gasteiger partial charge in [0.1, 0.15) is 5.60 Å². The zero-order valence-corrected chi connectivity index (χ0v) is 14.2. The van der Waals surface area contributed by atoms with Gasteiger partial charge >= 0.3 is 6.09 Å². The third kappa shape index (κ3) is 5.73. The van der Waals surface area contributed by atoms with E-state index in [-0.39, 0.29) is 0 Å². The topological polar surface area (TPSA) is 69.0 Å². The van der Waals surface area contributed by atoms with Crippen LogP contribution in [0.5, 0.6) is 0 Å². The number of imidazole rings is 1. The molecule has 0 spiro atoms. The Kier molecular flexibility index (Phi) is 5.36. The molecule has 2 heterocycles. The molecule has 1 amide bonds. The summed E-state index contributed by atoms with van der Waals surface area (Å²) in [6, 6.07) is 5.97. The second-order valence-corrected chi connectivity index (χ2v) is 6.46. The maximum absolute atomic E-state index is 11.6. The highest BCUT2D eigenvalue weighted by Gasteiger charge is 2.15. The molecular weight excluding hydrogens is 292 g/mol. The van der Waals surface area contributed by atoms with Crippen molar-refractivity contribution in [1.29, 1.82) is 0 Å². The number of hydrogen-bond acceptors (Lipinski definition) is 4. The number of ether oxygens (including phenoxy) is 1. The van der Waals surface area contributed by atoms with Gasteiger partial charge in [-0.05, 0) is 39.8 Å². The molecule has 0 atom stereocenters. The molecule has 0 aromatic carbocycles. The van der Waals surface area contributed by atoms with Crippen molar-refractivity contribution in [3.8, 4) is 0 Å². The van der Waals surface area contributed by atoms with Crippen LogP contribution in [0.15, 0.2) is 30.7 Å². The molecule has 23 heavy (non-hydrogen) atoms. The van der Waals surface area contributed by atoms with Gasteiger partial charge in [-0.3, -0.25) is 4.98 Å².